The number of amides is 1. The summed E-state index contributed by atoms with van der Waals surface area (Å²) in [6, 6.07) is 5.46. The van der Waals surface area contributed by atoms with Gasteiger partial charge in [-0.2, -0.15) is 0 Å². The average Bonchev–Trinajstić information content (AvgIpc) is 3.00. The molecule has 5 heteroatoms. The Balaban J connectivity index is 2.12. The highest BCUT2D eigenvalue weighted by Gasteiger charge is 2.23. The van der Waals surface area contributed by atoms with E-state index in [9.17, 15) is 9.59 Å². The molecule has 0 spiro atoms. The smallest absolute Gasteiger partial charge is 0.328 e. The topological polar surface area (TPSA) is 75.6 Å². The molecule has 2 rings (SSSR count). The fourth-order valence-corrected chi connectivity index (χ4v) is 2.30. The van der Waals surface area contributed by atoms with Crippen molar-refractivity contribution < 1.29 is 19.4 Å². The zero-order valence-electron chi connectivity index (χ0n) is 12.0. The van der Waals surface area contributed by atoms with Crippen LogP contribution >= 0.6 is 0 Å². The molecule has 1 aliphatic rings. The Labute approximate surface area is 123 Å². The normalized spacial score (nSPS) is 18.0. The molecule has 1 aromatic carbocycles. The van der Waals surface area contributed by atoms with Crippen molar-refractivity contribution in [2.75, 3.05) is 11.9 Å². The monoisotopic (exact) mass is 289 g/mol. The van der Waals surface area contributed by atoms with Crippen LogP contribution in [-0.2, 0) is 20.7 Å². The third kappa shape index (κ3) is 4.16. The summed E-state index contributed by atoms with van der Waals surface area (Å²) < 4.78 is 5.36. The number of carboxylic acids is 1. The molecule has 1 amide bonds. The van der Waals surface area contributed by atoms with Crippen LogP contribution in [0.15, 0.2) is 24.3 Å². The van der Waals surface area contributed by atoms with Crippen LogP contribution in [0.2, 0.25) is 0 Å². The van der Waals surface area contributed by atoms with Gasteiger partial charge in [-0.05, 0) is 48.6 Å². The summed E-state index contributed by atoms with van der Waals surface area (Å²) in [4.78, 5) is 22.6. The fraction of sp³-hybridized carbons (Fsp3) is 0.375. The Morgan fingerprint density at radius 2 is 2.29 bits per heavy atom. The van der Waals surface area contributed by atoms with E-state index in [2.05, 4.69) is 5.32 Å². The number of aliphatic carboxylic acids is 1. The van der Waals surface area contributed by atoms with Crippen LogP contribution in [0, 0.1) is 0 Å². The molecule has 1 aromatic rings. The Morgan fingerprint density at radius 3 is 2.90 bits per heavy atom. The molecule has 0 aliphatic carbocycles. The molecule has 1 heterocycles. The minimum atomic E-state index is -0.983. The molecule has 1 aliphatic heterocycles. The maximum Gasteiger partial charge on any atom is 0.328 e. The number of hydrogen-bond donors (Lipinski definition) is 2. The van der Waals surface area contributed by atoms with Gasteiger partial charge < -0.3 is 15.2 Å². The average molecular weight is 289 g/mol. The standard InChI is InChI=1S/C16H19NO4/c1-2-12-10-11(6-8-15(18)19)5-7-13(12)17-16(20)14-4-3-9-21-14/h5-8,10,14H,2-4,9H2,1H3,(H,17,20)(H,18,19)/b8-6+. The summed E-state index contributed by atoms with van der Waals surface area (Å²) in [5, 5.41) is 11.5. The molecule has 0 bridgehead atoms. The summed E-state index contributed by atoms with van der Waals surface area (Å²) in [6.45, 7) is 2.62. The Kier molecular flexibility index (Phi) is 5.11. The van der Waals surface area contributed by atoms with Gasteiger partial charge in [0, 0.05) is 18.4 Å². The number of aryl methyl sites for hydroxylation is 1. The second-order valence-corrected chi connectivity index (χ2v) is 4.93. The van der Waals surface area contributed by atoms with E-state index in [1.54, 1.807) is 12.1 Å². The van der Waals surface area contributed by atoms with Crippen molar-refractivity contribution in [3.63, 3.8) is 0 Å². The molecule has 1 saturated heterocycles. The van der Waals surface area contributed by atoms with E-state index in [1.165, 1.54) is 6.08 Å². The molecule has 0 aromatic heterocycles. The molecular formula is C16H19NO4. The van der Waals surface area contributed by atoms with Gasteiger partial charge in [-0.25, -0.2) is 4.79 Å². The van der Waals surface area contributed by atoms with E-state index < -0.39 is 5.97 Å². The summed E-state index contributed by atoms with van der Waals surface area (Å²) in [5.74, 6) is -1.10. The first-order chi connectivity index (χ1) is 10.1. The predicted octanol–water partition coefficient (Wildman–Crippen LogP) is 2.46. The number of carbonyl (C=O) groups is 2. The lowest BCUT2D eigenvalue weighted by Crippen LogP contribution is -2.27. The van der Waals surface area contributed by atoms with E-state index >= 15 is 0 Å². The Hall–Kier alpha value is -2.14. The van der Waals surface area contributed by atoms with Gasteiger partial charge in [-0.1, -0.05) is 13.0 Å². The number of hydrogen-bond acceptors (Lipinski definition) is 3. The summed E-state index contributed by atoms with van der Waals surface area (Å²) in [7, 11) is 0. The van der Waals surface area contributed by atoms with Gasteiger partial charge in [-0.3, -0.25) is 4.79 Å². The molecule has 112 valence electrons. The van der Waals surface area contributed by atoms with Crippen molar-refractivity contribution in [3.05, 3.63) is 35.4 Å². The van der Waals surface area contributed by atoms with Gasteiger partial charge in [0.2, 0.25) is 0 Å². The van der Waals surface area contributed by atoms with Gasteiger partial charge in [0.15, 0.2) is 0 Å². The number of ether oxygens (including phenoxy) is 1. The Bertz CT molecular complexity index is 559. The van der Waals surface area contributed by atoms with Crippen molar-refractivity contribution >= 4 is 23.6 Å². The maximum absolute atomic E-state index is 12.1. The Morgan fingerprint density at radius 1 is 1.48 bits per heavy atom. The molecule has 1 unspecified atom stereocenters. The summed E-state index contributed by atoms with van der Waals surface area (Å²) in [5.41, 5.74) is 2.52. The number of nitrogens with one attached hydrogen (secondary N) is 1. The van der Waals surface area contributed by atoms with Gasteiger partial charge >= 0.3 is 5.97 Å². The van der Waals surface area contributed by atoms with Crippen LogP contribution in [0.4, 0.5) is 5.69 Å². The van der Waals surface area contributed by atoms with E-state index in [1.807, 2.05) is 13.0 Å². The predicted molar refractivity (Wildman–Crippen MR) is 80.1 cm³/mol. The third-order valence-corrected chi connectivity index (χ3v) is 3.41. The second kappa shape index (κ2) is 7.04. The van der Waals surface area contributed by atoms with Crippen molar-refractivity contribution in [2.24, 2.45) is 0 Å². The number of carboxylic acid groups (broad SMARTS) is 1. The molecule has 21 heavy (non-hydrogen) atoms. The van der Waals surface area contributed by atoms with Crippen LogP contribution < -0.4 is 5.32 Å². The quantitative estimate of drug-likeness (QED) is 0.816. The minimum absolute atomic E-state index is 0.115. The zero-order chi connectivity index (χ0) is 15.2. The summed E-state index contributed by atoms with van der Waals surface area (Å²) >= 11 is 0. The lowest BCUT2D eigenvalue weighted by Gasteiger charge is -2.14. The maximum atomic E-state index is 12.1. The zero-order valence-corrected chi connectivity index (χ0v) is 12.0. The highest BCUT2D eigenvalue weighted by molar-refractivity contribution is 5.95. The number of rotatable bonds is 5. The van der Waals surface area contributed by atoms with Gasteiger partial charge in [0.25, 0.3) is 5.91 Å². The van der Waals surface area contributed by atoms with Crippen molar-refractivity contribution in [2.45, 2.75) is 32.3 Å². The molecule has 2 N–H and O–H groups in total. The first kappa shape index (κ1) is 15.3. The van der Waals surface area contributed by atoms with Crippen molar-refractivity contribution in [1.29, 1.82) is 0 Å². The molecule has 5 nitrogen and oxygen atoms in total. The van der Waals surface area contributed by atoms with Crippen LogP contribution in [0.5, 0.6) is 0 Å². The number of benzene rings is 1. The fourth-order valence-electron chi connectivity index (χ4n) is 2.30. The lowest BCUT2D eigenvalue weighted by atomic mass is 10.1. The van der Waals surface area contributed by atoms with Crippen LogP contribution in [0.25, 0.3) is 6.08 Å². The minimum Gasteiger partial charge on any atom is -0.478 e. The molecule has 0 radical (unpaired) electrons. The van der Waals surface area contributed by atoms with E-state index in [-0.39, 0.29) is 12.0 Å². The number of anilines is 1. The summed E-state index contributed by atoms with van der Waals surface area (Å²) in [6.07, 6.45) is 4.69. The first-order valence-electron chi connectivity index (χ1n) is 7.06. The second-order valence-electron chi connectivity index (χ2n) is 4.93. The van der Waals surface area contributed by atoms with Gasteiger partial charge in [0.05, 0.1) is 0 Å². The highest BCUT2D eigenvalue weighted by atomic mass is 16.5. The SMILES string of the molecule is CCc1cc(/C=C/C(=O)O)ccc1NC(=O)C1CCCO1. The van der Waals surface area contributed by atoms with Crippen LogP contribution in [0.1, 0.15) is 30.9 Å². The first-order valence-corrected chi connectivity index (χ1v) is 7.06. The highest BCUT2D eigenvalue weighted by Crippen LogP contribution is 2.21. The van der Waals surface area contributed by atoms with Gasteiger partial charge in [0.1, 0.15) is 6.10 Å². The van der Waals surface area contributed by atoms with E-state index in [0.717, 1.165) is 42.2 Å². The molecule has 0 saturated carbocycles. The molecular weight excluding hydrogens is 270 g/mol. The van der Waals surface area contributed by atoms with Gasteiger partial charge in [-0.15, -0.1) is 0 Å². The van der Waals surface area contributed by atoms with E-state index in [0.29, 0.717) is 6.61 Å². The third-order valence-electron chi connectivity index (χ3n) is 3.41. The molecule has 1 atom stereocenters. The largest absolute Gasteiger partial charge is 0.478 e. The van der Waals surface area contributed by atoms with Crippen molar-refractivity contribution in [3.8, 4) is 0 Å². The lowest BCUT2D eigenvalue weighted by molar-refractivity contribution is -0.131. The molecule has 1 fully saturated rings. The number of carbonyl (C=O) groups excluding carboxylic acids is 1. The van der Waals surface area contributed by atoms with Crippen LogP contribution in [0.3, 0.4) is 0 Å². The van der Waals surface area contributed by atoms with Crippen LogP contribution in [-0.4, -0.2) is 29.7 Å². The van der Waals surface area contributed by atoms with E-state index in [4.69, 9.17) is 9.84 Å². The van der Waals surface area contributed by atoms with Crippen molar-refractivity contribution in [1.82, 2.24) is 0 Å².